The van der Waals surface area contributed by atoms with Crippen LogP contribution < -0.4 is 5.32 Å². The van der Waals surface area contributed by atoms with Crippen molar-refractivity contribution in [2.75, 3.05) is 26.2 Å². The highest BCUT2D eigenvalue weighted by Crippen LogP contribution is 2.19. The summed E-state index contributed by atoms with van der Waals surface area (Å²) < 4.78 is 1.76. The molecule has 1 N–H and O–H groups in total. The van der Waals surface area contributed by atoms with Gasteiger partial charge in [-0.05, 0) is 38.8 Å². The summed E-state index contributed by atoms with van der Waals surface area (Å²) in [7, 11) is 1.87. The van der Waals surface area contributed by atoms with Crippen LogP contribution in [0.5, 0.6) is 0 Å². The van der Waals surface area contributed by atoms with Crippen molar-refractivity contribution in [1.29, 1.82) is 0 Å². The van der Waals surface area contributed by atoms with Crippen molar-refractivity contribution >= 4 is 5.91 Å². The molecule has 5 heteroatoms. The van der Waals surface area contributed by atoms with Gasteiger partial charge in [-0.1, -0.05) is 6.92 Å². The molecule has 0 aliphatic carbocycles. The second-order valence-electron chi connectivity index (χ2n) is 5.31. The van der Waals surface area contributed by atoms with Crippen LogP contribution in [-0.4, -0.2) is 46.8 Å². The number of carbonyl (C=O) groups excluding carboxylic acids is 1. The van der Waals surface area contributed by atoms with Crippen LogP contribution in [0.4, 0.5) is 0 Å². The first-order chi connectivity index (χ1) is 9.13. The molecule has 1 aromatic heterocycles. The number of likely N-dealkylation sites (tertiary alicyclic amines) is 1. The third kappa shape index (κ3) is 3.15. The van der Waals surface area contributed by atoms with Crippen LogP contribution in [0.1, 0.15) is 35.8 Å². The number of nitrogens with one attached hydrogen (secondary N) is 1. The highest BCUT2D eigenvalue weighted by Gasteiger charge is 2.25. The van der Waals surface area contributed by atoms with Gasteiger partial charge in [-0.2, -0.15) is 5.10 Å². The van der Waals surface area contributed by atoms with E-state index in [1.54, 1.807) is 10.9 Å². The fraction of sp³-hybridized carbons (Fsp3) is 0.714. The lowest BCUT2D eigenvalue weighted by molar-refractivity contribution is 0.0689. The molecular weight excluding hydrogens is 240 g/mol. The van der Waals surface area contributed by atoms with Gasteiger partial charge in [0.05, 0.1) is 11.8 Å². The zero-order valence-electron chi connectivity index (χ0n) is 12.1. The normalized spacial score (nSPS) is 16.9. The molecule has 5 nitrogen and oxygen atoms in total. The predicted octanol–water partition coefficient (Wildman–Crippen LogP) is 1.19. The first-order valence-corrected chi connectivity index (χ1v) is 7.12. The number of hydrogen-bond acceptors (Lipinski definition) is 3. The lowest BCUT2D eigenvalue weighted by atomic mass is 9.96. The summed E-state index contributed by atoms with van der Waals surface area (Å²) in [6.07, 6.45) is 3.87. The monoisotopic (exact) mass is 264 g/mol. The summed E-state index contributed by atoms with van der Waals surface area (Å²) in [6, 6.07) is 0. The Morgan fingerprint density at radius 1 is 1.47 bits per heavy atom. The first-order valence-electron chi connectivity index (χ1n) is 7.12. The molecule has 0 saturated carbocycles. The number of piperidine rings is 1. The van der Waals surface area contributed by atoms with Crippen LogP contribution in [0, 0.1) is 12.8 Å². The molecule has 19 heavy (non-hydrogen) atoms. The van der Waals surface area contributed by atoms with Gasteiger partial charge in [0.1, 0.15) is 0 Å². The molecule has 0 bridgehead atoms. The van der Waals surface area contributed by atoms with Gasteiger partial charge >= 0.3 is 0 Å². The highest BCUT2D eigenvalue weighted by atomic mass is 16.2. The fourth-order valence-electron chi connectivity index (χ4n) is 2.57. The van der Waals surface area contributed by atoms with Gasteiger partial charge in [-0.15, -0.1) is 0 Å². The summed E-state index contributed by atoms with van der Waals surface area (Å²) in [5.74, 6) is 0.839. The Morgan fingerprint density at radius 3 is 2.68 bits per heavy atom. The van der Waals surface area contributed by atoms with Crippen molar-refractivity contribution in [3.05, 3.63) is 17.5 Å². The van der Waals surface area contributed by atoms with E-state index < -0.39 is 0 Å². The molecular formula is C14H24N4O. The summed E-state index contributed by atoms with van der Waals surface area (Å²) >= 11 is 0. The summed E-state index contributed by atoms with van der Waals surface area (Å²) in [5.41, 5.74) is 1.69. The molecule has 1 amide bonds. The van der Waals surface area contributed by atoms with E-state index in [2.05, 4.69) is 17.3 Å². The van der Waals surface area contributed by atoms with E-state index in [0.29, 0.717) is 5.92 Å². The Morgan fingerprint density at radius 2 is 2.16 bits per heavy atom. The Kier molecular flexibility index (Phi) is 4.58. The van der Waals surface area contributed by atoms with Crippen molar-refractivity contribution in [3.8, 4) is 0 Å². The number of aromatic nitrogens is 2. The van der Waals surface area contributed by atoms with E-state index in [9.17, 15) is 4.79 Å². The maximum atomic E-state index is 12.4. The van der Waals surface area contributed by atoms with Crippen LogP contribution >= 0.6 is 0 Å². The molecule has 0 unspecified atom stereocenters. The van der Waals surface area contributed by atoms with Crippen molar-refractivity contribution in [2.45, 2.75) is 26.7 Å². The lowest BCUT2D eigenvalue weighted by Crippen LogP contribution is -2.40. The Labute approximate surface area is 115 Å². The SMILES string of the molecule is CCNCC1CCN(C(=O)c2cnn(C)c2C)CC1. The molecule has 1 fully saturated rings. The van der Waals surface area contributed by atoms with Crippen molar-refractivity contribution < 1.29 is 4.79 Å². The van der Waals surface area contributed by atoms with E-state index in [0.717, 1.165) is 50.3 Å². The van der Waals surface area contributed by atoms with Gasteiger partial charge in [0.25, 0.3) is 5.91 Å². The minimum atomic E-state index is 0.132. The summed E-state index contributed by atoms with van der Waals surface area (Å²) in [5, 5.41) is 7.54. The smallest absolute Gasteiger partial charge is 0.257 e. The van der Waals surface area contributed by atoms with E-state index >= 15 is 0 Å². The summed E-state index contributed by atoms with van der Waals surface area (Å²) in [6.45, 7) is 7.90. The third-order valence-corrected chi connectivity index (χ3v) is 4.05. The van der Waals surface area contributed by atoms with Gasteiger partial charge in [0, 0.05) is 25.8 Å². The van der Waals surface area contributed by atoms with Crippen LogP contribution in [0.15, 0.2) is 6.20 Å². The predicted molar refractivity (Wildman–Crippen MR) is 75.1 cm³/mol. The zero-order valence-corrected chi connectivity index (χ0v) is 12.1. The minimum Gasteiger partial charge on any atom is -0.339 e. The van der Waals surface area contributed by atoms with Gasteiger partial charge in [-0.25, -0.2) is 0 Å². The molecule has 2 rings (SSSR count). The minimum absolute atomic E-state index is 0.132. The van der Waals surface area contributed by atoms with E-state index in [1.807, 2.05) is 18.9 Å². The van der Waals surface area contributed by atoms with Crippen molar-refractivity contribution in [1.82, 2.24) is 20.0 Å². The Bertz CT molecular complexity index is 433. The molecule has 0 spiro atoms. The maximum absolute atomic E-state index is 12.4. The molecule has 0 radical (unpaired) electrons. The first kappa shape index (κ1) is 14.1. The van der Waals surface area contributed by atoms with Gasteiger partial charge in [0.15, 0.2) is 0 Å². The molecule has 1 saturated heterocycles. The number of rotatable bonds is 4. The molecule has 106 valence electrons. The maximum Gasteiger partial charge on any atom is 0.257 e. The molecule has 0 atom stereocenters. The topological polar surface area (TPSA) is 50.2 Å². The highest BCUT2D eigenvalue weighted by molar-refractivity contribution is 5.95. The quantitative estimate of drug-likeness (QED) is 0.888. The second-order valence-corrected chi connectivity index (χ2v) is 5.31. The Balaban J connectivity index is 1.91. The largest absolute Gasteiger partial charge is 0.339 e. The standard InChI is InChI=1S/C14H24N4O/c1-4-15-9-12-5-7-18(8-6-12)14(19)13-10-16-17(3)11(13)2/h10,12,15H,4-9H2,1-3H3. The number of aryl methyl sites for hydroxylation is 1. The number of hydrogen-bond donors (Lipinski definition) is 1. The molecule has 1 aliphatic heterocycles. The molecule has 2 heterocycles. The van der Waals surface area contributed by atoms with Gasteiger partial charge in [0.2, 0.25) is 0 Å². The zero-order chi connectivity index (χ0) is 13.8. The van der Waals surface area contributed by atoms with Gasteiger partial charge < -0.3 is 10.2 Å². The van der Waals surface area contributed by atoms with Crippen LogP contribution in [0.3, 0.4) is 0 Å². The third-order valence-electron chi connectivity index (χ3n) is 4.05. The average molecular weight is 264 g/mol. The second kappa shape index (κ2) is 6.19. The van der Waals surface area contributed by atoms with E-state index in [4.69, 9.17) is 0 Å². The number of nitrogens with zero attached hydrogens (tertiary/aromatic N) is 3. The van der Waals surface area contributed by atoms with Crippen LogP contribution in [0.25, 0.3) is 0 Å². The van der Waals surface area contributed by atoms with E-state index in [-0.39, 0.29) is 5.91 Å². The average Bonchev–Trinajstić information content (AvgIpc) is 2.76. The molecule has 1 aromatic rings. The molecule has 0 aromatic carbocycles. The Hall–Kier alpha value is -1.36. The lowest BCUT2D eigenvalue weighted by Gasteiger charge is -2.32. The fourth-order valence-corrected chi connectivity index (χ4v) is 2.57. The van der Waals surface area contributed by atoms with Crippen LogP contribution in [-0.2, 0) is 7.05 Å². The molecule has 1 aliphatic rings. The van der Waals surface area contributed by atoms with Crippen molar-refractivity contribution in [2.24, 2.45) is 13.0 Å². The van der Waals surface area contributed by atoms with Crippen LogP contribution in [0.2, 0.25) is 0 Å². The van der Waals surface area contributed by atoms with Crippen molar-refractivity contribution in [3.63, 3.8) is 0 Å². The summed E-state index contributed by atoms with van der Waals surface area (Å²) in [4.78, 5) is 14.4. The van der Waals surface area contributed by atoms with E-state index in [1.165, 1.54) is 0 Å². The number of carbonyl (C=O) groups is 1. The van der Waals surface area contributed by atoms with Gasteiger partial charge in [-0.3, -0.25) is 9.48 Å². The number of amides is 1.